The third kappa shape index (κ3) is 4.69. The molecule has 0 fully saturated rings. The molecular weight excluding hydrogens is 496 g/mol. The number of rotatable bonds is 5. The molecule has 7 rings (SSSR count). The SMILES string of the molecule is C1=c2sc(-c3ccccc3)nc2=C(c2ccccc2)CC1c1nc(-c2ccccc2)nc(-c2ccccc2)n1. The molecule has 6 aromatic rings. The van der Waals surface area contributed by atoms with Gasteiger partial charge in [0.05, 0.1) is 9.88 Å². The van der Waals surface area contributed by atoms with E-state index in [1.165, 1.54) is 11.1 Å². The maximum atomic E-state index is 5.13. The summed E-state index contributed by atoms with van der Waals surface area (Å²) in [7, 11) is 0. The van der Waals surface area contributed by atoms with Gasteiger partial charge in [0.2, 0.25) is 0 Å². The number of aromatic nitrogens is 4. The van der Waals surface area contributed by atoms with Gasteiger partial charge in [0.1, 0.15) is 10.8 Å². The minimum absolute atomic E-state index is 0.00953. The van der Waals surface area contributed by atoms with E-state index < -0.39 is 0 Å². The summed E-state index contributed by atoms with van der Waals surface area (Å²) in [6, 6.07) is 41.2. The topological polar surface area (TPSA) is 51.6 Å². The molecule has 0 spiro atoms. The maximum absolute atomic E-state index is 5.13. The number of hydrogen-bond donors (Lipinski definition) is 0. The van der Waals surface area contributed by atoms with Crippen molar-refractivity contribution in [3.05, 3.63) is 143 Å². The van der Waals surface area contributed by atoms with Crippen LogP contribution >= 0.6 is 11.3 Å². The Labute approximate surface area is 230 Å². The lowest BCUT2D eigenvalue weighted by atomic mass is 9.90. The second kappa shape index (κ2) is 10.2. The van der Waals surface area contributed by atoms with E-state index in [1.807, 2.05) is 66.7 Å². The molecule has 1 atom stereocenters. The summed E-state index contributed by atoms with van der Waals surface area (Å²) < 4.78 is 1.16. The lowest BCUT2D eigenvalue weighted by Crippen LogP contribution is -2.30. The van der Waals surface area contributed by atoms with Gasteiger partial charge in [-0.3, -0.25) is 0 Å². The molecule has 0 amide bonds. The maximum Gasteiger partial charge on any atom is 0.163 e. The Morgan fingerprint density at radius 1 is 0.513 bits per heavy atom. The summed E-state index contributed by atoms with van der Waals surface area (Å²) in [6.07, 6.45) is 3.06. The molecule has 1 aliphatic rings. The minimum Gasteiger partial charge on any atom is -0.236 e. The largest absolute Gasteiger partial charge is 0.236 e. The zero-order chi connectivity index (χ0) is 26.0. The number of fused-ring (bicyclic) bond motifs is 1. The van der Waals surface area contributed by atoms with Crippen LogP contribution in [-0.2, 0) is 0 Å². The van der Waals surface area contributed by atoms with Gasteiger partial charge in [-0.25, -0.2) is 19.9 Å². The second-order valence-electron chi connectivity index (χ2n) is 9.49. The van der Waals surface area contributed by atoms with E-state index in [2.05, 4.69) is 60.7 Å². The first kappa shape index (κ1) is 23.4. The summed E-state index contributed by atoms with van der Waals surface area (Å²) in [5.74, 6) is 2.14. The molecule has 4 nitrogen and oxygen atoms in total. The van der Waals surface area contributed by atoms with E-state index in [9.17, 15) is 0 Å². The average molecular weight is 521 g/mol. The Kier molecular flexibility index (Phi) is 6.11. The van der Waals surface area contributed by atoms with Crippen LogP contribution in [0.25, 0.3) is 45.0 Å². The first-order chi connectivity index (χ1) is 19.3. The van der Waals surface area contributed by atoms with Gasteiger partial charge in [-0.15, -0.1) is 11.3 Å². The van der Waals surface area contributed by atoms with Crippen LogP contribution in [0.5, 0.6) is 0 Å². The third-order valence-electron chi connectivity index (χ3n) is 6.91. The normalized spacial score (nSPS) is 14.5. The molecule has 0 N–H and O–H groups in total. The highest BCUT2D eigenvalue weighted by Crippen LogP contribution is 2.32. The van der Waals surface area contributed by atoms with Crippen LogP contribution in [0, 0.1) is 0 Å². The van der Waals surface area contributed by atoms with E-state index in [0.717, 1.165) is 43.8 Å². The van der Waals surface area contributed by atoms with Crippen LogP contribution in [0.1, 0.15) is 23.7 Å². The highest BCUT2D eigenvalue weighted by Gasteiger charge is 2.24. The predicted octanol–water partition coefficient (Wildman–Crippen LogP) is 6.50. The lowest BCUT2D eigenvalue weighted by Gasteiger charge is -2.18. The van der Waals surface area contributed by atoms with Crippen molar-refractivity contribution in [1.29, 1.82) is 0 Å². The average Bonchev–Trinajstić information content (AvgIpc) is 3.47. The van der Waals surface area contributed by atoms with Crippen molar-refractivity contribution in [3.8, 4) is 33.3 Å². The van der Waals surface area contributed by atoms with Crippen molar-refractivity contribution in [2.45, 2.75) is 12.3 Å². The quantitative estimate of drug-likeness (QED) is 0.261. The Morgan fingerprint density at radius 2 is 1.00 bits per heavy atom. The number of thiazole rings is 1. The van der Waals surface area contributed by atoms with E-state index in [0.29, 0.717) is 11.6 Å². The van der Waals surface area contributed by atoms with E-state index >= 15 is 0 Å². The Bertz CT molecular complexity index is 1810. The third-order valence-corrected chi connectivity index (χ3v) is 7.98. The van der Waals surface area contributed by atoms with Gasteiger partial charge in [-0.05, 0) is 17.6 Å². The summed E-state index contributed by atoms with van der Waals surface area (Å²) in [5, 5.41) is 2.08. The zero-order valence-corrected chi connectivity index (χ0v) is 21.9. The van der Waals surface area contributed by atoms with Gasteiger partial charge in [0.25, 0.3) is 0 Å². The lowest BCUT2D eigenvalue weighted by molar-refractivity contribution is 0.798. The summed E-state index contributed by atoms with van der Waals surface area (Å²) >= 11 is 1.73. The molecule has 1 unspecified atom stereocenters. The van der Waals surface area contributed by atoms with Gasteiger partial charge < -0.3 is 0 Å². The van der Waals surface area contributed by atoms with Crippen molar-refractivity contribution in [2.75, 3.05) is 0 Å². The molecule has 2 aromatic heterocycles. The molecule has 5 heteroatoms. The molecule has 0 saturated heterocycles. The number of hydrogen-bond acceptors (Lipinski definition) is 5. The van der Waals surface area contributed by atoms with E-state index in [-0.39, 0.29) is 5.92 Å². The van der Waals surface area contributed by atoms with Crippen LogP contribution < -0.4 is 9.88 Å². The fourth-order valence-electron chi connectivity index (χ4n) is 4.97. The molecule has 2 heterocycles. The van der Waals surface area contributed by atoms with Gasteiger partial charge in [-0.1, -0.05) is 127 Å². The molecule has 0 saturated carbocycles. The van der Waals surface area contributed by atoms with Crippen molar-refractivity contribution in [1.82, 2.24) is 19.9 Å². The standard InChI is InChI=1S/C34H24N4S/c1-5-13-23(14-6-1)28-21-27(22-29-30(28)35-34(39-29)26-19-11-4-12-20-26)33-37-31(24-15-7-2-8-16-24)36-32(38-33)25-17-9-3-10-18-25/h1-20,22,27H,21H2. The fourth-order valence-corrected chi connectivity index (χ4v) is 6.07. The second-order valence-corrected chi connectivity index (χ2v) is 10.5. The molecule has 0 radical (unpaired) electrons. The Balaban J connectivity index is 1.42. The molecule has 186 valence electrons. The number of benzene rings is 4. The monoisotopic (exact) mass is 520 g/mol. The highest BCUT2D eigenvalue weighted by atomic mass is 32.1. The van der Waals surface area contributed by atoms with Crippen molar-refractivity contribution in [3.63, 3.8) is 0 Å². The smallest absolute Gasteiger partial charge is 0.163 e. The van der Waals surface area contributed by atoms with Crippen molar-refractivity contribution >= 4 is 23.0 Å². The van der Waals surface area contributed by atoms with Crippen LogP contribution in [0.3, 0.4) is 0 Å². The predicted molar refractivity (Wildman–Crippen MR) is 158 cm³/mol. The molecule has 1 aliphatic carbocycles. The van der Waals surface area contributed by atoms with Gasteiger partial charge in [0.15, 0.2) is 11.6 Å². The Hall–Kier alpha value is -4.74. The van der Waals surface area contributed by atoms with Crippen molar-refractivity contribution in [2.24, 2.45) is 0 Å². The fraction of sp³-hybridized carbons (Fsp3) is 0.0588. The first-order valence-corrected chi connectivity index (χ1v) is 13.8. The summed E-state index contributed by atoms with van der Waals surface area (Å²) in [5.41, 5.74) is 5.49. The minimum atomic E-state index is -0.00953. The van der Waals surface area contributed by atoms with Gasteiger partial charge in [-0.2, -0.15) is 0 Å². The Morgan fingerprint density at radius 3 is 1.54 bits per heavy atom. The van der Waals surface area contributed by atoms with Crippen LogP contribution in [0.2, 0.25) is 0 Å². The molecule has 4 aromatic carbocycles. The summed E-state index contributed by atoms with van der Waals surface area (Å²) in [4.78, 5) is 20.1. The van der Waals surface area contributed by atoms with Gasteiger partial charge >= 0.3 is 0 Å². The number of nitrogens with zero attached hydrogens (tertiary/aromatic N) is 4. The molecule has 0 bridgehead atoms. The first-order valence-electron chi connectivity index (χ1n) is 13.0. The van der Waals surface area contributed by atoms with Gasteiger partial charge in [0, 0.05) is 22.6 Å². The highest BCUT2D eigenvalue weighted by molar-refractivity contribution is 7.13. The van der Waals surface area contributed by atoms with Crippen LogP contribution in [-0.4, -0.2) is 19.9 Å². The van der Waals surface area contributed by atoms with Crippen LogP contribution in [0.4, 0.5) is 0 Å². The zero-order valence-electron chi connectivity index (χ0n) is 21.1. The van der Waals surface area contributed by atoms with Crippen LogP contribution in [0.15, 0.2) is 121 Å². The van der Waals surface area contributed by atoms with Crippen molar-refractivity contribution < 1.29 is 0 Å². The molecule has 0 aliphatic heterocycles. The summed E-state index contributed by atoms with van der Waals surface area (Å²) in [6.45, 7) is 0. The molecule has 39 heavy (non-hydrogen) atoms. The van der Waals surface area contributed by atoms with E-state index in [4.69, 9.17) is 19.9 Å². The molecular formula is C34H24N4S. The van der Waals surface area contributed by atoms with E-state index in [1.54, 1.807) is 11.3 Å².